The van der Waals surface area contributed by atoms with E-state index in [0.29, 0.717) is 22.9 Å². The molecule has 0 spiro atoms. The maximum Gasteiger partial charge on any atom is 0.325 e. The first-order valence-electron chi connectivity index (χ1n) is 8.73. The average Bonchev–Trinajstić information content (AvgIpc) is 3.35. The number of nitrogens with zero attached hydrogens (tertiary/aromatic N) is 1. The van der Waals surface area contributed by atoms with Gasteiger partial charge in [0.25, 0.3) is 5.91 Å². The van der Waals surface area contributed by atoms with Crippen LogP contribution in [-0.2, 0) is 4.79 Å². The van der Waals surface area contributed by atoms with E-state index in [4.69, 9.17) is 14.2 Å². The fourth-order valence-corrected chi connectivity index (χ4v) is 3.43. The molecule has 1 aromatic heterocycles. The van der Waals surface area contributed by atoms with E-state index in [0.717, 1.165) is 16.3 Å². The van der Waals surface area contributed by atoms with Crippen LogP contribution in [-0.4, -0.2) is 30.3 Å². The highest BCUT2D eigenvalue weighted by Gasteiger charge is 2.15. The van der Waals surface area contributed by atoms with Gasteiger partial charge in [0, 0.05) is 28.4 Å². The van der Waals surface area contributed by atoms with Crippen molar-refractivity contribution < 1.29 is 23.8 Å². The minimum atomic E-state index is -0.660. The van der Waals surface area contributed by atoms with Gasteiger partial charge in [-0.05, 0) is 43.3 Å². The number of fused-ring (bicyclic) bond motifs is 1. The van der Waals surface area contributed by atoms with Crippen LogP contribution in [0.3, 0.4) is 0 Å². The number of thiazole rings is 1. The number of carbonyl (C=O) groups is 2. The van der Waals surface area contributed by atoms with Crippen molar-refractivity contribution in [2.75, 3.05) is 18.7 Å². The largest absolute Gasteiger partial charge is 0.484 e. The lowest BCUT2D eigenvalue weighted by atomic mass is 10.2. The molecule has 3 amide bonds. The predicted molar refractivity (Wildman–Crippen MR) is 108 cm³/mol. The number of aryl methyl sites for hydroxylation is 1. The lowest BCUT2D eigenvalue weighted by molar-refractivity contribution is -0.121. The number of hydrogen-bond acceptors (Lipinski definition) is 7. The maximum atomic E-state index is 12.0. The van der Waals surface area contributed by atoms with Gasteiger partial charge >= 0.3 is 6.03 Å². The Labute approximate surface area is 170 Å². The van der Waals surface area contributed by atoms with Crippen molar-refractivity contribution in [2.24, 2.45) is 0 Å². The molecular formula is C20H17N3O5S. The first-order chi connectivity index (χ1) is 14.1. The minimum Gasteiger partial charge on any atom is -0.484 e. The van der Waals surface area contributed by atoms with Crippen LogP contribution in [0.15, 0.2) is 47.8 Å². The Morgan fingerprint density at radius 1 is 1.14 bits per heavy atom. The summed E-state index contributed by atoms with van der Waals surface area (Å²) in [5, 5.41) is 7.68. The normalized spacial score (nSPS) is 11.8. The Kier molecular flexibility index (Phi) is 5.30. The molecule has 0 radical (unpaired) electrons. The number of amides is 3. The molecule has 1 aliphatic heterocycles. The number of benzene rings is 2. The number of imide groups is 1. The van der Waals surface area contributed by atoms with Crippen LogP contribution in [0.25, 0.3) is 10.6 Å². The molecular weight excluding hydrogens is 394 g/mol. The molecule has 9 heteroatoms. The van der Waals surface area contributed by atoms with E-state index in [1.54, 1.807) is 41.7 Å². The number of ether oxygens (including phenoxy) is 3. The molecule has 2 heterocycles. The highest BCUT2D eigenvalue weighted by Crippen LogP contribution is 2.34. The number of urea groups is 1. The summed E-state index contributed by atoms with van der Waals surface area (Å²) in [4.78, 5) is 28.3. The zero-order valence-corrected chi connectivity index (χ0v) is 16.2. The third kappa shape index (κ3) is 4.64. The summed E-state index contributed by atoms with van der Waals surface area (Å²) in [7, 11) is 0. The maximum absolute atomic E-state index is 12.0. The molecule has 8 nitrogen and oxygen atoms in total. The molecule has 4 rings (SSSR count). The second kappa shape index (κ2) is 8.19. The van der Waals surface area contributed by atoms with E-state index in [1.165, 1.54) is 0 Å². The molecule has 0 saturated heterocycles. The lowest BCUT2D eigenvalue weighted by Crippen LogP contribution is -2.37. The van der Waals surface area contributed by atoms with Crippen LogP contribution in [0.1, 0.15) is 5.69 Å². The number of nitrogens with one attached hydrogen (secondary N) is 2. The summed E-state index contributed by atoms with van der Waals surface area (Å²) in [6, 6.07) is 11.5. The van der Waals surface area contributed by atoms with Gasteiger partial charge < -0.3 is 19.5 Å². The molecule has 29 heavy (non-hydrogen) atoms. The number of rotatable bonds is 5. The molecule has 0 fully saturated rings. The van der Waals surface area contributed by atoms with Crippen molar-refractivity contribution in [1.82, 2.24) is 10.3 Å². The van der Waals surface area contributed by atoms with Gasteiger partial charge in [-0.25, -0.2) is 9.78 Å². The zero-order chi connectivity index (χ0) is 20.2. The molecule has 0 atom stereocenters. The quantitative estimate of drug-likeness (QED) is 0.666. The van der Waals surface area contributed by atoms with Crippen LogP contribution in [0.2, 0.25) is 0 Å². The number of anilines is 1. The van der Waals surface area contributed by atoms with Crippen molar-refractivity contribution in [3.8, 4) is 27.8 Å². The van der Waals surface area contributed by atoms with Gasteiger partial charge in [-0.15, -0.1) is 11.3 Å². The highest BCUT2D eigenvalue weighted by molar-refractivity contribution is 7.13. The highest BCUT2D eigenvalue weighted by atomic mass is 32.1. The van der Waals surface area contributed by atoms with Gasteiger partial charge in [0.05, 0.1) is 0 Å². The molecule has 1 aliphatic rings. The second-order valence-corrected chi connectivity index (χ2v) is 7.04. The van der Waals surface area contributed by atoms with Crippen molar-refractivity contribution in [1.29, 1.82) is 0 Å². The summed E-state index contributed by atoms with van der Waals surface area (Å²) >= 11 is 1.57. The van der Waals surface area contributed by atoms with Crippen LogP contribution in [0.4, 0.5) is 10.5 Å². The number of carbonyl (C=O) groups excluding carboxylic acids is 2. The van der Waals surface area contributed by atoms with E-state index in [9.17, 15) is 9.59 Å². The number of hydrogen-bond donors (Lipinski definition) is 2. The van der Waals surface area contributed by atoms with E-state index < -0.39 is 11.9 Å². The fraction of sp³-hybridized carbons (Fsp3) is 0.150. The van der Waals surface area contributed by atoms with Crippen LogP contribution >= 0.6 is 11.3 Å². The molecule has 148 valence electrons. The lowest BCUT2D eigenvalue weighted by Gasteiger charge is -2.09. The molecule has 3 aromatic rings. The Hall–Kier alpha value is -3.59. The van der Waals surface area contributed by atoms with Crippen LogP contribution in [0.5, 0.6) is 17.2 Å². The van der Waals surface area contributed by atoms with Gasteiger partial charge in [0.1, 0.15) is 10.8 Å². The zero-order valence-electron chi connectivity index (χ0n) is 15.4. The monoisotopic (exact) mass is 411 g/mol. The Bertz CT molecular complexity index is 1050. The third-order valence-corrected chi connectivity index (χ3v) is 4.98. The van der Waals surface area contributed by atoms with Gasteiger partial charge in [-0.1, -0.05) is 0 Å². The Balaban J connectivity index is 1.25. The molecule has 2 aromatic carbocycles. The third-order valence-electron chi connectivity index (χ3n) is 3.97. The molecule has 0 unspecified atom stereocenters. The second-order valence-electron chi connectivity index (χ2n) is 6.18. The SMILES string of the molecule is Cc1csc(-c2ccc(OCC(=O)NC(=O)Nc3ccc4c(c3)OCO4)cc2)n1. The molecule has 0 aliphatic carbocycles. The molecule has 0 bridgehead atoms. The van der Waals surface area contributed by atoms with Gasteiger partial charge in [-0.3, -0.25) is 10.1 Å². The van der Waals surface area contributed by atoms with E-state index >= 15 is 0 Å². The topological polar surface area (TPSA) is 98.8 Å². The molecule has 0 saturated carbocycles. The van der Waals surface area contributed by atoms with Gasteiger partial charge in [0.2, 0.25) is 6.79 Å². The van der Waals surface area contributed by atoms with E-state index in [2.05, 4.69) is 15.6 Å². The van der Waals surface area contributed by atoms with Gasteiger partial charge in [-0.2, -0.15) is 0 Å². The Morgan fingerprint density at radius 2 is 1.93 bits per heavy atom. The van der Waals surface area contributed by atoms with E-state index in [1.807, 2.05) is 24.4 Å². The fourth-order valence-electron chi connectivity index (χ4n) is 2.63. The summed E-state index contributed by atoms with van der Waals surface area (Å²) in [6.07, 6.45) is 0. The van der Waals surface area contributed by atoms with Crippen molar-refractivity contribution in [2.45, 2.75) is 6.92 Å². The van der Waals surface area contributed by atoms with Gasteiger partial charge in [0.15, 0.2) is 18.1 Å². The minimum absolute atomic E-state index is 0.144. The summed E-state index contributed by atoms with van der Waals surface area (Å²) in [6.45, 7) is 1.80. The first-order valence-corrected chi connectivity index (χ1v) is 9.60. The standard InChI is InChI=1S/C20H17N3O5S/c1-12-10-29-19(21-12)13-2-5-15(6-3-13)26-9-18(24)23-20(25)22-14-4-7-16-17(8-14)28-11-27-16/h2-8,10H,9,11H2,1H3,(H2,22,23,24,25). The van der Waals surface area contributed by atoms with Crippen molar-refractivity contribution in [3.63, 3.8) is 0 Å². The first kappa shape index (κ1) is 18.8. The summed E-state index contributed by atoms with van der Waals surface area (Å²) in [5.41, 5.74) is 2.43. The van der Waals surface area contributed by atoms with Crippen molar-refractivity contribution in [3.05, 3.63) is 53.5 Å². The van der Waals surface area contributed by atoms with Crippen LogP contribution < -0.4 is 24.8 Å². The average molecular weight is 411 g/mol. The van der Waals surface area contributed by atoms with Crippen molar-refractivity contribution >= 4 is 29.0 Å². The smallest absolute Gasteiger partial charge is 0.325 e. The summed E-state index contributed by atoms with van der Waals surface area (Å²) in [5.74, 6) is 1.10. The van der Waals surface area contributed by atoms with E-state index in [-0.39, 0.29) is 13.4 Å². The predicted octanol–water partition coefficient (Wildman–Crippen LogP) is 3.57. The summed E-state index contributed by atoms with van der Waals surface area (Å²) < 4.78 is 15.9. The number of aromatic nitrogens is 1. The Morgan fingerprint density at radius 3 is 2.69 bits per heavy atom. The van der Waals surface area contributed by atoms with Crippen LogP contribution in [0, 0.1) is 6.92 Å². The molecule has 2 N–H and O–H groups in total.